The van der Waals surface area contributed by atoms with Crippen molar-refractivity contribution in [2.45, 2.75) is 31.6 Å². The first-order valence-corrected chi connectivity index (χ1v) is 7.58. The smallest absolute Gasteiger partial charge is 0.114 e. The Morgan fingerprint density at radius 2 is 1.84 bits per heavy atom. The number of hydrogen-bond donors (Lipinski definition) is 0. The summed E-state index contributed by atoms with van der Waals surface area (Å²) in [5.41, 5.74) is 0. The highest BCUT2D eigenvalue weighted by molar-refractivity contribution is 5.84. The van der Waals surface area contributed by atoms with Gasteiger partial charge in [0.15, 0.2) is 0 Å². The second kappa shape index (κ2) is 4.68. The van der Waals surface area contributed by atoms with E-state index in [0.29, 0.717) is 5.92 Å². The van der Waals surface area contributed by atoms with Gasteiger partial charge in [-0.2, -0.15) is 0 Å². The quantitative estimate of drug-likeness (QED) is 0.823. The molecule has 2 aliphatic rings. The second-order valence-corrected chi connectivity index (χ2v) is 6.21. The number of hydrogen-bond acceptors (Lipinski definition) is 2. The Morgan fingerprint density at radius 3 is 2.63 bits per heavy atom. The molecule has 0 bridgehead atoms. The maximum absolute atomic E-state index is 5.86. The van der Waals surface area contributed by atoms with E-state index in [9.17, 15) is 0 Å². The van der Waals surface area contributed by atoms with Gasteiger partial charge in [0.05, 0.1) is 6.26 Å². The number of likely N-dealkylation sites (tertiary alicyclic amines) is 1. The lowest BCUT2D eigenvalue weighted by Gasteiger charge is -2.31. The molecule has 2 nitrogen and oxygen atoms in total. The van der Waals surface area contributed by atoms with Crippen LogP contribution in [-0.4, -0.2) is 24.5 Å². The molecule has 1 aliphatic heterocycles. The van der Waals surface area contributed by atoms with E-state index in [0.717, 1.165) is 5.92 Å². The molecular weight excluding hydrogens is 234 g/mol. The van der Waals surface area contributed by atoms with Gasteiger partial charge in [-0.3, -0.25) is 0 Å². The molecule has 1 aromatic carbocycles. The van der Waals surface area contributed by atoms with Crippen LogP contribution < -0.4 is 0 Å². The van der Waals surface area contributed by atoms with Gasteiger partial charge in [0.2, 0.25) is 0 Å². The fourth-order valence-electron chi connectivity index (χ4n) is 3.37. The number of piperidine rings is 1. The van der Waals surface area contributed by atoms with Gasteiger partial charge in [0.25, 0.3) is 0 Å². The van der Waals surface area contributed by atoms with Crippen LogP contribution in [0.5, 0.6) is 0 Å². The zero-order valence-corrected chi connectivity index (χ0v) is 11.3. The van der Waals surface area contributed by atoms with Crippen molar-refractivity contribution in [1.82, 2.24) is 4.90 Å². The maximum Gasteiger partial charge on any atom is 0.114 e. The van der Waals surface area contributed by atoms with E-state index in [1.54, 1.807) is 0 Å². The summed E-state index contributed by atoms with van der Waals surface area (Å²) in [7, 11) is 0. The van der Waals surface area contributed by atoms with Gasteiger partial charge in [-0.15, -0.1) is 0 Å². The van der Waals surface area contributed by atoms with Crippen molar-refractivity contribution in [1.29, 1.82) is 0 Å². The summed E-state index contributed by atoms with van der Waals surface area (Å²) >= 11 is 0. The first-order valence-electron chi connectivity index (χ1n) is 7.58. The maximum atomic E-state index is 5.86. The molecule has 4 rings (SSSR count). The third kappa shape index (κ3) is 2.30. The summed E-state index contributed by atoms with van der Waals surface area (Å²) < 4.78 is 5.86. The number of rotatable bonds is 3. The van der Waals surface area contributed by atoms with E-state index in [1.807, 2.05) is 6.26 Å². The molecule has 2 fully saturated rings. The van der Waals surface area contributed by atoms with Gasteiger partial charge in [-0.25, -0.2) is 0 Å². The fourth-order valence-corrected chi connectivity index (χ4v) is 3.37. The van der Waals surface area contributed by atoms with Crippen molar-refractivity contribution in [3.8, 4) is 0 Å². The molecule has 0 atom stereocenters. The molecular formula is C17H21NO. The van der Waals surface area contributed by atoms with E-state index < -0.39 is 0 Å². The standard InChI is InChI=1S/C17H21NO/c1-2-4-16-15(3-1)12-19-17(16)14-7-9-18(10-8-14)11-13-5-6-13/h1-4,12-14H,5-11H2. The van der Waals surface area contributed by atoms with Gasteiger partial charge < -0.3 is 9.32 Å². The predicted octanol–water partition coefficient (Wildman–Crippen LogP) is 4.02. The fraction of sp³-hybridized carbons (Fsp3) is 0.529. The molecule has 2 heterocycles. The predicted molar refractivity (Wildman–Crippen MR) is 77.4 cm³/mol. The Labute approximate surface area is 114 Å². The topological polar surface area (TPSA) is 16.4 Å². The van der Waals surface area contributed by atoms with E-state index in [2.05, 4.69) is 29.2 Å². The first-order chi connectivity index (χ1) is 9.40. The summed E-state index contributed by atoms with van der Waals surface area (Å²) in [5.74, 6) is 2.86. The third-order valence-corrected chi connectivity index (χ3v) is 4.71. The zero-order chi connectivity index (χ0) is 12.7. The van der Waals surface area contributed by atoms with Crippen molar-refractivity contribution in [3.05, 3.63) is 36.3 Å². The van der Waals surface area contributed by atoms with E-state index in [4.69, 9.17) is 4.42 Å². The molecule has 0 radical (unpaired) electrons. The Morgan fingerprint density at radius 1 is 1.05 bits per heavy atom. The summed E-state index contributed by atoms with van der Waals surface area (Å²) in [6.45, 7) is 3.83. The molecule has 1 saturated carbocycles. The highest BCUT2D eigenvalue weighted by Crippen LogP contribution is 2.36. The average molecular weight is 255 g/mol. The van der Waals surface area contributed by atoms with Gasteiger partial charge in [0.1, 0.15) is 5.76 Å². The number of furan rings is 1. The van der Waals surface area contributed by atoms with Crippen LogP contribution in [0.4, 0.5) is 0 Å². The highest BCUT2D eigenvalue weighted by Gasteiger charge is 2.28. The van der Waals surface area contributed by atoms with Crippen LogP contribution in [-0.2, 0) is 0 Å². The van der Waals surface area contributed by atoms with Crippen LogP contribution in [0.25, 0.3) is 10.8 Å². The van der Waals surface area contributed by atoms with Crippen molar-refractivity contribution >= 4 is 10.8 Å². The summed E-state index contributed by atoms with van der Waals surface area (Å²) in [6.07, 6.45) is 7.35. The first kappa shape index (κ1) is 11.5. The van der Waals surface area contributed by atoms with Crippen LogP contribution in [0.3, 0.4) is 0 Å². The number of fused-ring (bicyclic) bond motifs is 1. The Kier molecular flexibility index (Phi) is 2.84. The van der Waals surface area contributed by atoms with Gasteiger partial charge in [-0.05, 0) is 44.7 Å². The number of nitrogens with zero attached hydrogens (tertiary/aromatic N) is 1. The van der Waals surface area contributed by atoms with Crippen LogP contribution in [0.1, 0.15) is 37.4 Å². The van der Waals surface area contributed by atoms with Crippen molar-refractivity contribution < 1.29 is 4.42 Å². The summed E-state index contributed by atoms with van der Waals surface area (Å²) in [5, 5.41) is 2.57. The van der Waals surface area contributed by atoms with E-state index in [1.165, 1.54) is 61.9 Å². The normalized spacial score (nSPS) is 22.1. The van der Waals surface area contributed by atoms with Gasteiger partial charge >= 0.3 is 0 Å². The minimum Gasteiger partial charge on any atom is -0.468 e. The highest BCUT2D eigenvalue weighted by atomic mass is 16.3. The molecule has 1 aromatic heterocycles. The van der Waals surface area contributed by atoms with Crippen LogP contribution >= 0.6 is 0 Å². The summed E-state index contributed by atoms with van der Waals surface area (Å²) in [4.78, 5) is 2.65. The molecule has 0 unspecified atom stereocenters. The third-order valence-electron chi connectivity index (χ3n) is 4.71. The molecule has 0 amide bonds. The minimum absolute atomic E-state index is 0.621. The van der Waals surface area contributed by atoms with Gasteiger partial charge in [0, 0.05) is 23.2 Å². The SMILES string of the molecule is c1ccc2c(C3CCN(CC4CC4)CC3)occ2c1. The minimum atomic E-state index is 0.621. The second-order valence-electron chi connectivity index (χ2n) is 6.21. The molecule has 100 valence electrons. The molecule has 2 aromatic rings. The number of benzene rings is 1. The Bertz CT molecular complexity index is 561. The van der Waals surface area contributed by atoms with Gasteiger partial charge in [-0.1, -0.05) is 24.3 Å². The van der Waals surface area contributed by atoms with Crippen molar-refractivity contribution in [2.24, 2.45) is 5.92 Å². The molecule has 0 N–H and O–H groups in total. The van der Waals surface area contributed by atoms with Crippen LogP contribution in [0.2, 0.25) is 0 Å². The molecule has 19 heavy (non-hydrogen) atoms. The van der Waals surface area contributed by atoms with E-state index in [-0.39, 0.29) is 0 Å². The molecule has 1 saturated heterocycles. The summed E-state index contributed by atoms with van der Waals surface area (Å²) in [6, 6.07) is 8.54. The van der Waals surface area contributed by atoms with E-state index >= 15 is 0 Å². The lowest BCUT2D eigenvalue weighted by atomic mass is 9.92. The molecule has 1 aliphatic carbocycles. The molecule has 0 spiro atoms. The largest absolute Gasteiger partial charge is 0.468 e. The molecule has 2 heteroatoms. The van der Waals surface area contributed by atoms with Crippen LogP contribution in [0.15, 0.2) is 34.9 Å². The van der Waals surface area contributed by atoms with Crippen LogP contribution in [0, 0.1) is 5.92 Å². The lowest BCUT2D eigenvalue weighted by molar-refractivity contribution is 0.196. The monoisotopic (exact) mass is 255 g/mol. The lowest BCUT2D eigenvalue weighted by Crippen LogP contribution is -2.34. The average Bonchev–Trinajstić information content (AvgIpc) is 3.16. The van der Waals surface area contributed by atoms with Crippen molar-refractivity contribution in [3.63, 3.8) is 0 Å². The zero-order valence-electron chi connectivity index (χ0n) is 11.3. The Hall–Kier alpha value is -1.28. The Balaban J connectivity index is 1.48. The van der Waals surface area contributed by atoms with Crippen molar-refractivity contribution in [2.75, 3.05) is 19.6 Å².